The fourth-order valence-corrected chi connectivity index (χ4v) is 4.31. The number of esters is 2. The molecule has 0 radical (unpaired) electrons. The highest BCUT2D eigenvalue weighted by atomic mass is 16.5. The first kappa shape index (κ1) is 39.5. The molecular formula is C35H56N4O4. The molecule has 43 heavy (non-hydrogen) atoms. The molecule has 240 valence electrons. The van der Waals surface area contributed by atoms with Crippen LogP contribution < -0.4 is 0 Å². The highest BCUT2D eigenvalue weighted by molar-refractivity contribution is 5.93. The first-order valence-corrected chi connectivity index (χ1v) is 16.2. The predicted octanol–water partition coefficient (Wildman–Crippen LogP) is 7.82. The van der Waals surface area contributed by atoms with Gasteiger partial charge in [0.2, 0.25) is 0 Å². The van der Waals surface area contributed by atoms with Crippen LogP contribution in [0.4, 0.5) is 0 Å². The lowest BCUT2D eigenvalue weighted by Gasteiger charge is -2.22. The number of carbonyl (C=O) groups excluding carboxylic acids is 2. The zero-order chi connectivity index (χ0) is 32.3. The van der Waals surface area contributed by atoms with Crippen LogP contribution in [0.25, 0.3) is 4.85 Å². The lowest BCUT2D eigenvalue weighted by Crippen LogP contribution is -2.24. The van der Waals surface area contributed by atoms with Gasteiger partial charge in [-0.1, -0.05) is 72.3 Å². The fraction of sp³-hybridized carbons (Fsp3) is 0.657. The van der Waals surface area contributed by atoms with Crippen molar-refractivity contribution in [1.82, 2.24) is 9.80 Å². The largest absolute Gasteiger partial charge is 0.470 e. The van der Waals surface area contributed by atoms with Crippen LogP contribution in [0.3, 0.4) is 0 Å². The summed E-state index contributed by atoms with van der Waals surface area (Å²) in [6.07, 6.45) is 19.5. The van der Waals surface area contributed by atoms with Crippen molar-refractivity contribution in [2.24, 2.45) is 11.8 Å². The molecule has 0 saturated carbocycles. The molecule has 2 unspecified atom stereocenters. The molecule has 0 amide bonds. The van der Waals surface area contributed by atoms with Gasteiger partial charge in [-0.2, -0.15) is 5.26 Å². The number of allylic oxidation sites excluding steroid dienone is 4. The number of hydrogen-bond acceptors (Lipinski definition) is 7. The zero-order valence-corrected chi connectivity index (χ0v) is 27.6. The molecule has 0 bridgehead atoms. The molecule has 0 aliphatic heterocycles. The second-order valence-corrected chi connectivity index (χ2v) is 10.7. The molecule has 0 N–H and O–H groups in total. The van der Waals surface area contributed by atoms with Crippen LogP contribution in [0, 0.1) is 29.7 Å². The van der Waals surface area contributed by atoms with Crippen LogP contribution in [0.1, 0.15) is 99.3 Å². The summed E-state index contributed by atoms with van der Waals surface area (Å²) in [4.78, 5) is 32.3. The molecule has 0 spiro atoms. The Morgan fingerprint density at radius 3 is 1.70 bits per heavy atom. The van der Waals surface area contributed by atoms with E-state index >= 15 is 0 Å². The van der Waals surface area contributed by atoms with Crippen LogP contribution in [-0.2, 0) is 19.1 Å². The highest BCUT2D eigenvalue weighted by Crippen LogP contribution is 2.15. The number of hydrogen-bond donors (Lipinski definition) is 0. The smallest absolute Gasteiger partial charge is 0.348 e. The number of ether oxygens (including phenoxy) is 2. The summed E-state index contributed by atoms with van der Waals surface area (Å²) in [6, 6.07) is 1.95. The van der Waals surface area contributed by atoms with Gasteiger partial charge in [-0.15, -0.1) is 0 Å². The summed E-state index contributed by atoms with van der Waals surface area (Å²) in [6.45, 7) is 23.8. The van der Waals surface area contributed by atoms with Gasteiger partial charge in [0.15, 0.2) is 0 Å². The minimum absolute atomic E-state index is 0.00247. The van der Waals surface area contributed by atoms with Crippen molar-refractivity contribution in [3.63, 3.8) is 0 Å². The van der Waals surface area contributed by atoms with E-state index < -0.39 is 11.9 Å². The van der Waals surface area contributed by atoms with E-state index in [9.17, 15) is 14.9 Å². The van der Waals surface area contributed by atoms with Crippen molar-refractivity contribution in [3.05, 3.63) is 59.4 Å². The van der Waals surface area contributed by atoms with Crippen molar-refractivity contribution in [3.8, 4) is 6.07 Å². The Balaban J connectivity index is 4.88. The first-order chi connectivity index (χ1) is 20.8. The summed E-state index contributed by atoms with van der Waals surface area (Å²) in [5.41, 5.74) is -0.0207. The summed E-state index contributed by atoms with van der Waals surface area (Å²) >= 11 is 0. The van der Waals surface area contributed by atoms with Crippen molar-refractivity contribution < 1.29 is 19.1 Å². The lowest BCUT2D eigenvalue weighted by molar-refractivity contribution is -0.141. The van der Waals surface area contributed by atoms with Gasteiger partial charge >= 0.3 is 11.9 Å². The van der Waals surface area contributed by atoms with E-state index in [1.165, 1.54) is 12.2 Å². The molecule has 0 aromatic heterocycles. The third-order valence-electron chi connectivity index (χ3n) is 7.47. The standard InChI is InChI=1S/C35H56N4O4/c1-8-14-19-30(10-3)28-42-34(40)32(27-36)21-16-23-38(12-5)25-18-26-39(13-6)24-17-22-33(37-7)35(41)43-29-31(11-4)20-15-9-2/h16-17,21-24,30-31H,8-15,18-20,25-26,28-29H2,1-6H3. The van der Waals surface area contributed by atoms with E-state index in [-0.39, 0.29) is 11.3 Å². The third kappa shape index (κ3) is 18.6. The van der Waals surface area contributed by atoms with E-state index in [4.69, 9.17) is 16.0 Å². The SMILES string of the molecule is [C-]#[N+]C(=CC=CN(CC)CCCN(C=CC=C(C#N)C(=O)OCC(CC)CCCC)CC)C(=O)OCC(CC)CCCC. The quantitative estimate of drug-likeness (QED) is 0.0369. The van der Waals surface area contributed by atoms with Gasteiger partial charge in [0.25, 0.3) is 5.70 Å². The molecule has 0 aliphatic carbocycles. The summed E-state index contributed by atoms with van der Waals surface area (Å²) < 4.78 is 10.8. The maximum absolute atomic E-state index is 12.4. The third-order valence-corrected chi connectivity index (χ3v) is 7.47. The van der Waals surface area contributed by atoms with Crippen molar-refractivity contribution >= 4 is 11.9 Å². The minimum Gasteiger partial charge on any atom is -0.470 e. The molecular weight excluding hydrogens is 540 g/mol. The van der Waals surface area contributed by atoms with Gasteiger partial charge in [0, 0.05) is 26.2 Å². The van der Waals surface area contributed by atoms with Crippen molar-refractivity contribution in [2.45, 2.75) is 99.3 Å². The van der Waals surface area contributed by atoms with Crippen molar-refractivity contribution in [1.29, 1.82) is 5.26 Å². The van der Waals surface area contributed by atoms with E-state index in [0.29, 0.717) is 25.0 Å². The zero-order valence-electron chi connectivity index (χ0n) is 27.6. The van der Waals surface area contributed by atoms with Gasteiger partial charge in [-0.25, -0.2) is 9.64 Å². The summed E-state index contributed by atoms with van der Waals surface area (Å²) in [7, 11) is 0. The van der Waals surface area contributed by atoms with E-state index in [2.05, 4.69) is 56.2 Å². The normalized spacial score (nSPS) is 13.4. The highest BCUT2D eigenvalue weighted by Gasteiger charge is 2.15. The fourth-order valence-electron chi connectivity index (χ4n) is 4.31. The first-order valence-electron chi connectivity index (χ1n) is 16.2. The van der Waals surface area contributed by atoms with Gasteiger partial charge in [0.05, 0.1) is 19.8 Å². The summed E-state index contributed by atoms with van der Waals surface area (Å²) in [5, 5.41) is 9.43. The van der Waals surface area contributed by atoms with E-state index in [0.717, 1.165) is 84.0 Å². The Kier molecular flexibility index (Phi) is 24.0. The Morgan fingerprint density at radius 1 is 0.791 bits per heavy atom. The van der Waals surface area contributed by atoms with Gasteiger partial charge in [-0.3, -0.25) is 4.79 Å². The Morgan fingerprint density at radius 2 is 1.28 bits per heavy atom. The monoisotopic (exact) mass is 596 g/mol. The average molecular weight is 597 g/mol. The topological polar surface area (TPSA) is 87.2 Å². The Bertz CT molecular complexity index is 909. The molecule has 0 aromatic carbocycles. The van der Waals surface area contributed by atoms with Crippen LogP contribution in [0.2, 0.25) is 0 Å². The van der Waals surface area contributed by atoms with E-state index in [1.807, 2.05) is 18.5 Å². The van der Waals surface area contributed by atoms with E-state index in [1.54, 1.807) is 12.2 Å². The second kappa shape index (κ2) is 26.1. The molecule has 0 fully saturated rings. The maximum Gasteiger partial charge on any atom is 0.348 e. The van der Waals surface area contributed by atoms with Crippen molar-refractivity contribution in [2.75, 3.05) is 39.4 Å². The molecule has 8 nitrogen and oxygen atoms in total. The molecule has 2 atom stereocenters. The second-order valence-electron chi connectivity index (χ2n) is 10.7. The average Bonchev–Trinajstić information content (AvgIpc) is 3.03. The predicted molar refractivity (Wildman–Crippen MR) is 174 cm³/mol. The van der Waals surface area contributed by atoms with Crippen LogP contribution in [-0.4, -0.2) is 61.1 Å². The number of unbranched alkanes of at least 4 members (excludes halogenated alkanes) is 2. The van der Waals surface area contributed by atoms with Crippen LogP contribution in [0.5, 0.6) is 0 Å². The summed E-state index contributed by atoms with van der Waals surface area (Å²) in [5.74, 6) is -0.480. The molecule has 8 heteroatoms. The lowest BCUT2D eigenvalue weighted by atomic mass is 10.0. The number of carbonyl (C=O) groups is 2. The van der Waals surface area contributed by atoms with Gasteiger partial charge in [-0.05, 0) is 75.6 Å². The van der Waals surface area contributed by atoms with Crippen LogP contribution in [0.15, 0.2) is 48.0 Å². The molecule has 0 aromatic rings. The Hall–Kier alpha value is -3.52. The minimum atomic E-state index is -0.573. The molecule has 0 heterocycles. The number of nitriles is 1. The molecule has 0 aliphatic rings. The number of rotatable bonds is 24. The molecule has 0 rings (SSSR count). The maximum atomic E-state index is 12.4. The molecule has 0 saturated heterocycles. The number of nitrogens with zero attached hydrogens (tertiary/aromatic N) is 4. The van der Waals surface area contributed by atoms with Crippen LogP contribution >= 0.6 is 0 Å². The Labute approximate surface area is 261 Å². The van der Waals surface area contributed by atoms with Gasteiger partial charge < -0.3 is 19.3 Å². The van der Waals surface area contributed by atoms with Gasteiger partial charge in [0.1, 0.15) is 11.6 Å².